The Morgan fingerprint density at radius 3 is 2.26 bits per heavy atom. The Labute approximate surface area is 199 Å². The number of hydrogen-bond acceptors (Lipinski definition) is 6. The molecular weight excluding hydrogens is 490 g/mol. The van der Waals surface area contributed by atoms with E-state index in [2.05, 4.69) is 15.5 Å². The maximum absolute atomic E-state index is 14.5. The van der Waals surface area contributed by atoms with Crippen molar-refractivity contribution in [2.45, 2.75) is 38.8 Å². The molecule has 0 saturated carbocycles. The average Bonchev–Trinajstić information content (AvgIpc) is 2.74. The van der Waals surface area contributed by atoms with Crippen molar-refractivity contribution in [3.8, 4) is 11.6 Å². The van der Waals surface area contributed by atoms with Crippen LogP contribution in [0.25, 0.3) is 0 Å². The molecule has 0 fully saturated rings. The Balaban J connectivity index is 2.14. The average molecular weight is 511 g/mol. The fourth-order valence-electron chi connectivity index (χ4n) is 3.50. The number of nitrogens with zero attached hydrogens (tertiary/aromatic N) is 2. The molecule has 1 amide bonds. The lowest BCUT2D eigenvalue weighted by molar-refractivity contribution is -0.142. The Bertz CT molecular complexity index is 1440. The van der Waals surface area contributed by atoms with Crippen LogP contribution in [0.4, 0.5) is 23.2 Å². The Morgan fingerprint density at radius 1 is 1.00 bits per heavy atom. The molecule has 0 aliphatic carbocycles. The van der Waals surface area contributed by atoms with Crippen molar-refractivity contribution in [3.63, 3.8) is 0 Å². The van der Waals surface area contributed by atoms with Crippen molar-refractivity contribution in [1.29, 1.82) is 0 Å². The third kappa shape index (κ3) is 5.42. The number of carbonyl (C=O) groups excluding carboxylic acids is 1. The number of aryl methyl sites for hydroxylation is 2. The first-order chi connectivity index (χ1) is 16.1. The lowest BCUT2D eigenvalue weighted by Gasteiger charge is -2.18. The number of anilines is 1. The first-order valence-corrected chi connectivity index (χ1v) is 12.0. The zero-order valence-corrected chi connectivity index (χ0v) is 20.2. The quantitative estimate of drug-likeness (QED) is 0.466. The summed E-state index contributed by atoms with van der Waals surface area (Å²) in [5, 5.41) is 9.05. The minimum atomic E-state index is -4.91. The van der Waals surface area contributed by atoms with Gasteiger partial charge in [-0.15, -0.1) is 10.2 Å². The van der Waals surface area contributed by atoms with Crippen LogP contribution in [0.15, 0.2) is 35.2 Å². The van der Waals surface area contributed by atoms with Gasteiger partial charge in [0.25, 0.3) is 11.8 Å². The SMILES string of the molecule is Cc1cc(C)c(Oc2nnc(C(F)(F)F)c(C)c2C(=O)Nc2cccc(S(C)(=O)=O)c2)c(C)c1F. The van der Waals surface area contributed by atoms with Gasteiger partial charge in [0.2, 0.25) is 0 Å². The second-order valence-electron chi connectivity index (χ2n) is 7.99. The molecule has 3 aromatic rings. The van der Waals surface area contributed by atoms with E-state index >= 15 is 0 Å². The number of nitrogens with one attached hydrogen (secondary N) is 1. The summed E-state index contributed by atoms with van der Waals surface area (Å²) < 4.78 is 84.2. The zero-order chi connectivity index (χ0) is 26.3. The normalized spacial score (nSPS) is 11.9. The van der Waals surface area contributed by atoms with Gasteiger partial charge in [-0.1, -0.05) is 6.07 Å². The smallest absolute Gasteiger partial charge is 0.435 e. The van der Waals surface area contributed by atoms with E-state index in [0.29, 0.717) is 11.1 Å². The van der Waals surface area contributed by atoms with Crippen LogP contribution >= 0.6 is 0 Å². The highest BCUT2D eigenvalue weighted by atomic mass is 32.2. The molecule has 0 spiro atoms. The first kappa shape index (κ1) is 26.1. The molecule has 7 nitrogen and oxygen atoms in total. The maximum atomic E-state index is 14.5. The highest BCUT2D eigenvalue weighted by molar-refractivity contribution is 7.90. The van der Waals surface area contributed by atoms with Crippen LogP contribution in [0.5, 0.6) is 11.6 Å². The molecule has 0 aliphatic rings. The van der Waals surface area contributed by atoms with Crippen LogP contribution in [0, 0.1) is 33.5 Å². The minimum Gasteiger partial charge on any atom is -0.436 e. The van der Waals surface area contributed by atoms with Crippen molar-refractivity contribution >= 4 is 21.4 Å². The molecule has 0 atom stereocenters. The minimum absolute atomic E-state index is 0.0161. The Kier molecular flexibility index (Phi) is 6.89. The van der Waals surface area contributed by atoms with Gasteiger partial charge in [0.05, 0.1) is 4.90 Å². The van der Waals surface area contributed by atoms with Gasteiger partial charge in [-0.25, -0.2) is 12.8 Å². The maximum Gasteiger partial charge on any atom is 0.435 e. The molecule has 2 aromatic carbocycles. The van der Waals surface area contributed by atoms with Gasteiger partial charge < -0.3 is 10.1 Å². The van der Waals surface area contributed by atoms with Crippen molar-refractivity contribution in [2.24, 2.45) is 0 Å². The van der Waals surface area contributed by atoms with Crippen LogP contribution in [0.2, 0.25) is 0 Å². The lowest BCUT2D eigenvalue weighted by atomic mass is 10.0. The Morgan fingerprint density at radius 2 is 1.66 bits per heavy atom. The third-order valence-corrected chi connectivity index (χ3v) is 6.32. The first-order valence-electron chi connectivity index (χ1n) is 10.1. The summed E-state index contributed by atoms with van der Waals surface area (Å²) in [5.74, 6) is -2.21. The molecule has 0 unspecified atom stereocenters. The summed E-state index contributed by atoms with van der Waals surface area (Å²) in [4.78, 5) is 13.0. The summed E-state index contributed by atoms with van der Waals surface area (Å²) in [6.07, 6.45) is -3.94. The van der Waals surface area contributed by atoms with E-state index in [0.717, 1.165) is 19.2 Å². The summed E-state index contributed by atoms with van der Waals surface area (Å²) in [7, 11) is -3.61. The van der Waals surface area contributed by atoms with Gasteiger partial charge in [-0.3, -0.25) is 4.79 Å². The van der Waals surface area contributed by atoms with Crippen LogP contribution in [-0.2, 0) is 16.0 Å². The summed E-state index contributed by atoms with van der Waals surface area (Å²) >= 11 is 0. The highest BCUT2D eigenvalue weighted by Gasteiger charge is 2.38. The van der Waals surface area contributed by atoms with Gasteiger partial charge in [0, 0.05) is 17.5 Å². The molecule has 0 radical (unpaired) electrons. The monoisotopic (exact) mass is 511 g/mol. The summed E-state index contributed by atoms with van der Waals surface area (Å²) in [6, 6.07) is 6.68. The molecule has 1 N–H and O–H groups in total. The van der Waals surface area contributed by atoms with Gasteiger partial charge in [0.1, 0.15) is 17.1 Å². The standard InChI is InChI=1S/C23H21F4N3O4S/c1-11-9-12(2)19(14(4)18(11)24)34-22-17(13(3)20(29-30-22)23(25,26)27)21(31)28-15-7-6-8-16(10-15)35(5,32)33/h6-10H,1-5H3,(H,28,31). The van der Waals surface area contributed by atoms with Gasteiger partial charge in [0.15, 0.2) is 15.5 Å². The second kappa shape index (κ2) is 9.25. The largest absolute Gasteiger partial charge is 0.436 e. The van der Waals surface area contributed by atoms with Crippen molar-refractivity contribution in [1.82, 2.24) is 10.2 Å². The number of amides is 1. The molecule has 1 heterocycles. The predicted molar refractivity (Wildman–Crippen MR) is 120 cm³/mol. The second-order valence-corrected chi connectivity index (χ2v) is 10.0. The van der Waals surface area contributed by atoms with E-state index in [1.807, 2.05) is 0 Å². The van der Waals surface area contributed by atoms with E-state index in [9.17, 15) is 30.8 Å². The van der Waals surface area contributed by atoms with E-state index < -0.39 is 50.4 Å². The third-order valence-electron chi connectivity index (χ3n) is 5.21. The number of hydrogen-bond donors (Lipinski definition) is 1. The van der Waals surface area contributed by atoms with Crippen molar-refractivity contribution in [2.75, 3.05) is 11.6 Å². The van der Waals surface area contributed by atoms with Crippen LogP contribution in [0.3, 0.4) is 0 Å². The number of aromatic nitrogens is 2. The summed E-state index contributed by atoms with van der Waals surface area (Å²) in [5.41, 5.74) is -1.65. The lowest BCUT2D eigenvalue weighted by Crippen LogP contribution is -2.21. The molecule has 1 aromatic heterocycles. The number of alkyl halides is 3. The number of ether oxygens (including phenoxy) is 1. The number of rotatable bonds is 5. The molecule has 0 bridgehead atoms. The molecular formula is C23H21F4N3O4S. The zero-order valence-electron chi connectivity index (χ0n) is 19.3. The number of halogens is 4. The Hall–Kier alpha value is -3.54. The summed E-state index contributed by atoms with van der Waals surface area (Å²) in [6.45, 7) is 5.60. The van der Waals surface area contributed by atoms with Crippen LogP contribution < -0.4 is 10.1 Å². The molecule has 0 aliphatic heterocycles. The van der Waals surface area contributed by atoms with Crippen LogP contribution in [0.1, 0.15) is 38.3 Å². The van der Waals surface area contributed by atoms with Gasteiger partial charge >= 0.3 is 6.18 Å². The fourth-order valence-corrected chi connectivity index (χ4v) is 4.17. The predicted octanol–water partition coefficient (Wildman–Crippen LogP) is 5.32. The van der Waals surface area contributed by atoms with Crippen molar-refractivity contribution in [3.05, 3.63) is 69.7 Å². The molecule has 3 rings (SSSR count). The molecule has 0 saturated heterocycles. The van der Waals surface area contributed by atoms with Gasteiger partial charge in [-0.2, -0.15) is 13.2 Å². The molecule has 186 valence electrons. The van der Waals surface area contributed by atoms with Gasteiger partial charge in [-0.05, 0) is 68.7 Å². The molecule has 35 heavy (non-hydrogen) atoms. The van der Waals surface area contributed by atoms with E-state index in [1.54, 1.807) is 13.8 Å². The van der Waals surface area contributed by atoms with E-state index in [4.69, 9.17) is 4.74 Å². The van der Waals surface area contributed by atoms with E-state index in [1.165, 1.54) is 31.2 Å². The topological polar surface area (TPSA) is 98.2 Å². The van der Waals surface area contributed by atoms with Crippen molar-refractivity contribution < 1.29 is 35.5 Å². The van der Waals surface area contributed by atoms with Crippen LogP contribution in [-0.4, -0.2) is 30.8 Å². The highest BCUT2D eigenvalue weighted by Crippen LogP contribution is 2.37. The molecule has 12 heteroatoms. The van der Waals surface area contributed by atoms with E-state index in [-0.39, 0.29) is 21.9 Å². The number of sulfone groups is 1. The fraction of sp³-hybridized carbons (Fsp3) is 0.261. The number of carbonyl (C=O) groups is 1. The number of benzene rings is 2.